The number of likely N-dealkylation sites (N-methyl/N-ethyl adjacent to an activating group) is 1. The first-order chi connectivity index (χ1) is 13.9. The first-order valence-electron chi connectivity index (χ1n) is 9.32. The highest BCUT2D eigenvalue weighted by Crippen LogP contribution is 2.22. The van der Waals surface area contributed by atoms with Crippen molar-refractivity contribution in [1.29, 1.82) is 0 Å². The molecule has 29 heavy (non-hydrogen) atoms. The number of nitrogens with zero attached hydrogens (tertiary/aromatic N) is 2. The van der Waals surface area contributed by atoms with E-state index in [1.807, 2.05) is 30.3 Å². The Bertz CT molecular complexity index is 906. The van der Waals surface area contributed by atoms with Crippen molar-refractivity contribution in [3.8, 4) is 0 Å². The molecule has 1 unspecified atom stereocenters. The largest absolute Gasteiger partial charge is 0.452 e. The molecule has 2 aromatic carbocycles. The van der Waals surface area contributed by atoms with Gasteiger partial charge in [0.25, 0.3) is 17.7 Å². The average Bonchev–Trinajstić information content (AvgIpc) is 2.97. The molecule has 0 saturated carbocycles. The molecule has 0 aliphatic carbocycles. The highest BCUT2D eigenvalue weighted by atomic mass is 16.5. The van der Waals surface area contributed by atoms with Crippen molar-refractivity contribution in [3.63, 3.8) is 0 Å². The summed E-state index contributed by atoms with van der Waals surface area (Å²) in [4.78, 5) is 51.7. The number of rotatable bonds is 7. The van der Waals surface area contributed by atoms with E-state index >= 15 is 0 Å². The number of carbonyl (C=O) groups is 4. The van der Waals surface area contributed by atoms with E-state index < -0.39 is 23.9 Å². The van der Waals surface area contributed by atoms with E-state index in [1.165, 1.54) is 11.8 Å². The zero-order valence-electron chi connectivity index (χ0n) is 16.3. The molecule has 7 heteroatoms. The first-order valence-corrected chi connectivity index (χ1v) is 9.32. The molecule has 1 aliphatic rings. The Morgan fingerprint density at radius 3 is 2.10 bits per heavy atom. The maximum absolute atomic E-state index is 12.4. The summed E-state index contributed by atoms with van der Waals surface area (Å²) >= 11 is 0. The molecule has 0 spiro atoms. The van der Waals surface area contributed by atoms with Gasteiger partial charge in [0.2, 0.25) is 0 Å². The highest BCUT2D eigenvalue weighted by Gasteiger charge is 2.35. The highest BCUT2D eigenvalue weighted by molar-refractivity contribution is 6.21. The minimum Gasteiger partial charge on any atom is -0.452 e. The van der Waals surface area contributed by atoms with Gasteiger partial charge in [-0.05, 0) is 24.6 Å². The van der Waals surface area contributed by atoms with Crippen molar-refractivity contribution < 1.29 is 23.9 Å². The first kappa shape index (κ1) is 20.3. The van der Waals surface area contributed by atoms with Gasteiger partial charge in [0, 0.05) is 20.1 Å². The van der Waals surface area contributed by atoms with Crippen molar-refractivity contribution in [2.45, 2.75) is 26.0 Å². The molecule has 0 bridgehead atoms. The van der Waals surface area contributed by atoms with Crippen molar-refractivity contribution in [3.05, 3.63) is 71.3 Å². The summed E-state index contributed by atoms with van der Waals surface area (Å²) in [5, 5.41) is 0. The lowest BCUT2D eigenvalue weighted by molar-refractivity contribution is -0.158. The summed E-state index contributed by atoms with van der Waals surface area (Å²) in [6.45, 7) is 1.81. The average molecular weight is 394 g/mol. The molecular weight excluding hydrogens is 372 g/mol. The molecule has 1 atom stereocenters. The quantitative estimate of drug-likeness (QED) is 0.531. The molecular formula is C22H22N2O5. The second-order valence-electron chi connectivity index (χ2n) is 6.87. The number of imide groups is 1. The standard InChI is InChI=1S/C22H22N2O5/c1-15(20(26)23(2)14-16-8-4-3-5-9-16)29-19(25)12-13-24-21(27)17-10-6-7-11-18(17)22(24)28/h3-11,15H,12-14H2,1-2H3. The third-order valence-electron chi connectivity index (χ3n) is 4.71. The normalized spacial score (nSPS) is 13.8. The van der Waals surface area contributed by atoms with Crippen molar-refractivity contribution in [2.24, 2.45) is 0 Å². The lowest BCUT2D eigenvalue weighted by Crippen LogP contribution is -2.38. The van der Waals surface area contributed by atoms with E-state index in [1.54, 1.807) is 31.3 Å². The van der Waals surface area contributed by atoms with E-state index in [9.17, 15) is 19.2 Å². The molecule has 0 N–H and O–H groups in total. The fourth-order valence-corrected chi connectivity index (χ4v) is 3.20. The fourth-order valence-electron chi connectivity index (χ4n) is 3.20. The van der Waals surface area contributed by atoms with Crippen LogP contribution < -0.4 is 0 Å². The predicted octanol–water partition coefficient (Wildman–Crippen LogP) is 2.26. The van der Waals surface area contributed by atoms with Crippen LogP contribution in [0.3, 0.4) is 0 Å². The van der Waals surface area contributed by atoms with Crippen molar-refractivity contribution >= 4 is 23.7 Å². The molecule has 0 radical (unpaired) electrons. The van der Waals surface area contributed by atoms with Gasteiger partial charge in [0.15, 0.2) is 6.10 Å². The third-order valence-corrected chi connectivity index (χ3v) is 4.71. The van der Waals surface area contributed by atoms with Crippen LogP contribution in [0.25, 0.3) is 0 Å². The van der Waals surface area contributed by atoms with Gasteiger partial charge in [-0.2, -0.15) is 0 Å². The molecule has 1 aliphatic heterocycles. The summed E-state index contributed by atoms with van der Waals surface area (Å²) in [6, 6.07) is 16.0. The number of carbonyl (C=O) groups excluding carboxylic acids is 4. The van der Waals surface area contributed by atoms with E-state index in [2.05, 4.69) is 0 Å². The Morgan fingerprint density at radius 2 is 1.52 bits per heavy atom. The SMILES string of the molecule is CC(OC(=O)CCN1C(=O)c2ccccc2C1=O)C(=O)N(C)Cc1ccccc1. The second-order valence-corrected chi connectivity index (χ2v) is 6.87. The minimum absolute atomic E-state index is 0.0913. The lowest BCUT2D eigenvalue weighted by atomic mass is 10.1. The van der Waals surface area contributed by atoms with Crippen molar-refractivity contribution in [2.75, 3.05) is 13.6 Å². The molecule has 0 fully saturated rings. The van der Waals surface area contributed by atoms with E-state index in [0.29, 0.717) is 17.7 Å². The fraction of sp³-hybridized carbons (Fsp3) is 0.273. The zero-order chi connectivity index (χ0) is 21.0. The van der Waals surface area contributed by atoms with Gasteiger partial charge in [0.1, 0.15) is 0 Å². The molecule has 0 saturated heterocycles. The van der Waals surface area contributed by atoms with Gasteiger partial charge in [-0.15, -0.1) is 0 Å². The summed E-state index contributed by atoms with van der Waals surface area (Å²) in [5.74, 6) is -1.83. The minimum atomic E-state index is -0.960. The molecule has 3 amide bonds. The second kappa shape index (κ2) is 8.68. The summed E-state index contributed by atoms with van der Waals surface area (Å²) in [7, 11) is 1.64. The molecule has 150 valence electrons. The van der Waals surface area contributed by atoms with Crippen LogP contribution in [0.4, 0.5) is 0 Å². The maximum Gasteiger partial charge on any atom is 0.308 e. The van der Waals surface area contributed by atoms with Gasteiger partial charge in [-0.1, -0.05) is 42.5 Å². The zero-order valence-corrected chi connectivity index (χ0v) is 16.3. The Kier molecular flexibility index (Phi) is 6.07. The van der Waals surface area contributed by atoms with Crippen LogP contribution in [0.1, 0.15) is 39.6 Å². The van der Waals surface area contributed by atoms with E-state index in [-0.39, 0.29) is 18.9 Å². The van der Waals surface area contributed by atoms with Gasteiger partial charge in [0.05, 0.1) is 17.5 Å². The number of fused-ring (bicyclic) bond motifs is 1. The number of hydrogen-bond acceptors (Lipinski definition) is 5. The Labute approximate surface area is 168 Å². The molecule has 3 rings (SSSR count). The predicted molar refractivity (Wildman–Crippen MR) is 105 cm³/mol. The van der Waals surface area contributed by atoms with Crippen LogP contribution >= 0.6 is 0 Å². The molecule has 0 aromatic heterocycles. The van der Waals surface area contributed by atoms with Crippen LogP contribution in [0.5, 0.6) is 0 Å². The van der Waals surface area contributed by atoms with Gasteiger partial charge in [-0.3, -0.25) is 24.1 Å². The van der Waals surface area contributed by atoms with Crippen LogP contribution in [0, 0.1) is 0 Å². The van der Waals surface area contributed by atoms with E-state index in [4.69, 9.17) is 4.74 Å². The maximum atomic E-state index is 12.4. The van der Waals surface area contributed by atoms with Gasteiger partial charge >= 0.3 is 5.97 Å². The number of hydrogen-bond donors (Lipinski definition) is 0. The monoisotopic (exact) mass is 394 g/mol. The van der Waals surface area contributed by atoms with Crippen LogP contribution in [0.2, 0.25) is 0 Å². The smallest absolute Gasteiger partial charge is 0.308 e. The summed E-state index contributed by atoms with van der Waals surface area (Å²) in [5.41, 5.74) is 1.63. The van der Waals surface area contributed by atoms with Gasteiger partial charge in [-0.25, -0.2) is 0 Å². The van der Waals surface area contributed by atoms with Crippen LogP contribution in [0.15, 0.2) is 54.6 Å². The lowest BCUT2D eigenvalue weighted by Gasteiger charge is -2.22. The molecule has 1 heterocycles. The topological polar surface area (TPSA) is 84.0 Å². The Hall–Kier alpha value is -3.48. The molecule has 2 aromatic rings. The van der Waals surface area contributed by atoms with Crippen LogP contribution in [-0.2, 0) is 20.9 Å². The molecule has 7 nitrogen and oxygen atoms in total. The third kappa shape index (κ3) is 4.51. The van der Waals surface area contributed by atoms with E-state index in [0.717, 1.165) is 10.5 Å². The number of ether oxygens (including phenoxy) is 1. The summed E-state index contributed by atoms with van der Waals surface area (Å²) < 4.78 is 5.20. The summed E-state index contributed by atoms with van der Waals surface area (Å²) in [6.07, 6.45) is -1.13. The number of amides is 3. The van der Waals surface area contributed by atoms with Crippen molar-refractivity contribution in [1.82, 2.24) is 9.80 Å². The van der Waals surface area contributed by atoms with Gasteiger partial charge < -0.3 is 9.64 Å². The Morgan fingerprint density at radius 1 is 0.966 bits per heavy atom. The Balaban J connectivity index is 1.50. The number of benzene rings is 2. The van der Waals surface area contributed by atoms with Crippen LogP contribution in [-0.4, -0.2) is 53.2 Å². The number of esters is 1.